The van der Waals surface area contributed by atoms with Crippen LogP contribution in [0.25, 0.3) is 0 Å². The summed E-state index contributed by atoms with van der Waals surface area (Å²) in [5.74, 6) is -2.41. The zero-order valence-electron chi connectivity index (χ0n) is 11.8. The Bertz CT molecular complexity index is 921. The normalized spacial score (nSPS) is 10.9. The lowest BCUT2D eigenvalue weighted by molar-refractivity contribution is -0.385. The number of nitrogens with zero attached hydrogens (tertiary/aromatic N) is 1. The van der Waals surface area contributed by atoms with E-state index in [0.717, 1.165) is 12.1 Å². The summed E-state index contributed by atoms with van der Waals surface area (Å²) in [6.45, 7) is 0. The number of hydrogen-bond acceptors (Lipinski definition) is 7. The van der Waals surface area contributed by atoms with E-state index in [1.54, 1.807) is 6.07 Å². The molecule has 0 aliphatic heterocycles. The zero-order chi connectivity index (χ0) is 17.9. The van der Waals surface area contributed by atoms with Crippen molar-refractivity contribution in [2.75, 3.05) is 0 Å². The Morgan fingerprint density at radius 3 is 2.21 bits per heavy atom. The van der Waals surface area contributed by atoms with E-state index in [-0.39, 0.29) is 5.56 Å². The predicted octanol–water partition coefficient (Wildman–Crippen LogP) is 1.84. The van der Waals surface area contributed by atoms with Gasteiger partial charge in [0.15, 0.2) is 0 Å². The quantitative estimate of drug-likeness (QED) is 0.289. The van der Waals surface area contributed by atoms with Crippen LogP contribution in [-0.4, -0.2) is 29.8 Å². The third kappa shape index (κ3) is 3.80. The van der Waals surface area contributed by atoms with Crippen LogP contribution in [0.4, 0.5) is 5.69 Å². The van der Waals surface area contributed by atoms with Crippen LogP contribution in [0, 0.1) is 10.1 Å². The summed E-state index contributed by atoms with van der Waals surface area (Å²) >= 11 is 0. The minimum atomic E-state index is -4.95. The molecule has 0 aliphatic rings. The van der Waals surface area contributed by atoms with Gasteiger partial charge in [0.25, 0.3) is 15.8 Å². The van der Waals surface area contributed by atoms with Crippen molar-refractivity contribution in [3.05, 3.63) is 69.8 Å². The second-order valence-corrected chi connectivity index (χ2v) is 5.85. The van der Waals surface area contributed by atoms with Crippen molar-refractivity contribution in [3.8, 4) is 0 Å². The molecule has 24 heavy (non-hydrogen) atoms. The van der Waals surface area contributed by atoms with Crippen molar-refractivity contribution in [2.24, 2.45) is 0 Å². The lowest BCUT2D eigenvalue weighted by Gasteiger charge is -2.06. The first kappa shape index (κ1) is 17.2. The van der Waals surface area contributed by atoms with Crippen molar-refractivity contribution in [2.45, 2.75) is 4.90 Å². The van der Waals surface area contributed by atoms with E-state index in [2.05, 4.69) is 4.74 Å². The second kappa shape index (κ2) is 6.56. The Kier molecular flexibility index (Phi) is 4.71. The molecular formula is C14H9NO8S. The molecule has 0 unspecified atom stereocenters. The number of benzene rings is 2. The highest BCUT2D eigenvalue weighted by Crippen LogP contribution is 2.23. The summed E-state index contributed by atoms with van der Waals surface area (Å²) in [7, 11) is -4.95. The van der Waals surface area contributed by atoms with Gasteiger partial charge >= 0.3 is 11.9 Å². The third-order valence-electron chi connectivity index (χ3n) is 2.87. The smallest absolute Gasteiger partial charge is 0.347 e. The van der Waals surface area contributed by atoms with Crippen molar-refractivity contribution in [1.29, 1.82) is 0 Å². The minimum Gasteiger partial charge on any atom is -0.386 e. The fourth-order valence-corrected chi connectivity index (χ4v) is 2.48. The molecule has 0 bridgehead atoms. The maximum Gasteiger partial charge on any atom is 0.347 e. The molecule has 124 valence electrons. The SMILES string of the molecule is O=C(OC(=O)c1ccc([N+](=O)[O-])cc1S(=O)(=O)O)c1ccccc1. The van der Waals surface area contributed by atoms with Gasteiger partial charge in [-0.1, -0.05) is 18.2 Å². The number of hydrogen-bond donors (Lipinski definition) is 1. The molecule has 0 fully saturated rings. The van der Waals surface area contributed by atoms with Gasteiger partial charge in [-0.05, 0) is 18.2 Å². The summed E-state index contributed by atoms with van der Waals surface area (Å²) in [4.78, 5) is 32.5. The average molecular weight is 351 g/mol. The molecule has 2 aromatic carbocycles. The number of nitro benzene ring substituents is 1. The van der Waals surface area contributed by atoms with Gasteiger partial charge in [-0.15, -0.1) is 0 Å². The van der Waals surface area contributed by atoms with Crippen LogP contribution in [0.3, 0.4) is 0 Å². The number of rotatable bonds is 4. The largest absolute Gasteiger partial charge is 0.386 e. The fourth-order valence-electron chi connectivity index (χ4n) is 1.78. The Labute approximate surface area is 135 Å². The first-order valence-corrected chi connectivity index (χ1v) is 7.71. The molecule has 2 rings (SSSR count). The summed E-state index contributed by atoms with van der Waals surface area (Å²) in [6, 6.07) is 9.54. The van der Waals surface area contributed by atoms with Crippen molar-refractivity contribution < 1.29 is 32.2 Å². The predicted molar refractivity (Wildman–Crippen MR) is 79.1 cm³/mol. The van der Waals surface area contributed by atoms with Crippen LogP contribution in [-0.2, 0) is 14.9 Å². The summed E-state index contributed by atoms with van der Waals surface area (Å²) in [6.07, 6.45) is 0. The van der Waals surface area contributed by atoms with Gasteiger partial charge in [-0.2, -0.15) is 8.42 Å². The molecule has 0 saturated heterocycles. The van der Waals surface area contributed by atoms with E-state index in [0.29, 0.717) is 6.07 Å². The van der Waals surface area contributed by atoms with E-state index in [1.807, 2.05) is 0 Å². The molecule has 2 aromatic rings. The third-order valence-corrected chi connectivity index (χ3v) is 3.76. The number of esters is 2. The van der Waals surface area contributed by atoms with Crippen LogP contribution >= 0.6 is 0 Å². The summed E-state index contributed by atoms with van der Waals surface area (Å²) in [5.41, 5.74) is -1.32. The first-order valence-electron chi connectivity index (χ1n) is 6.27. The highest BCUT2D eigenvalue weighted by atomic mass is 32.2. The van der Waals surface area contributed by atoms with Gasteiger partial charge in [-0.3, -0.25) is 14.7 Å². The van der Waals surface area contributed by atoms with Crippen molar-refractivity contribution in [3.63, 3.8) is 0 Å². The molecule has 0 aromatic heterocycles. The second-order valence-electron chi connectivity index (χ2n) is 4.46. The molecule has 0 atom stereocenters. The van der Waals surface area contributed by atoms with Crippen LogP contribution in [0.5, 0.6) is 0 Å². The van der Waals surface area contributed by atoms with Gasteiger partial charge in [0, 0.05) is 12.1 Å². The van der Waals surface area contributed by atoms with Crippen molar-refractivity contribution in [1.82, 2.24) is 0 Å². The number of nitro groups is 1. The molecule has 0 aliphatic carbocycles. The van der Waals surface area contributed by atoms with Gasteiger partial charge in [0.1, 0.15) is 4.90 Å². The maximum absolute atomic E-state index is 12.0. The molecule has 0 heterocycles. The fraction of sp³-hybridized carbons (Fsp3) is 0. The number of carbonyl (C=O) groups is 2. The van der Waals surface area contributed by atoms with E-state index in [9.17, 15) is 28.1 Å². The molecule has 0 amide bonds. The minimum absolute atomic E-state index is 0.0427. The number of carbonyl (C=O) groups excluding carboxylic acids is 2. The molecular weight excluding hydrogens is 342 g/mol. The summed E-state index contributed by atoms with van der Waals surface area (Å²) in [5, 5.41) is 10.7. The van der Waals surface area contributed by atoms with Gasteiger partial charge < -0.3 is 4.74 Å². The van der Waals surface area contributed by atoms with E-state index in [4.69, 9.17) is 4.55 Å². The topological polar surface area (TPSA) is 141 Å². The molecule has 10 heteroatoms. The summed E-state index contributed by atoms with van der Waals surface area (Å²) < 4.78 is 36.3. The Morgan fingerprint density at radius 1 is 1.04 bits per heavy atom. The Balaban J connectivity index is 2.39. The Morgan fingerprint density at radius 2 is 1.67 bits per heavy atom. The zero-order valence-corrected chi connectivity index (χ0v) is 12.6. The lowest BCUT2D eigenvalue weighted by Crippen LogP contribution is -2.16. The average Bonchev–Trinajstić information content (AvgIpc) is 2.54. The standard InChI is InChI=1S/C14H9NO8S/c16-13(9-4-2-1-3-5-9)23-14(17)11-7-6-10(15(18)19)8-12(11)24(20,21)22/h1-8H,(H,20,21,22). The lowest BCUT2D eigenvalue weighted by atomic mass is 10.2. The van der Waals surface area contributed by atoms with Crippen LogP contribution < -0.4 is 0 Å². The maximum atomic E-state index is 12.0. The van der Waals surface area contributed by atoms with Gasteiger partial charge in [0.2, 0.25) is 0 Å². The van der Waals surface area contributed by atoms with E-state index in [1.165, 1.54) is 24.3 Å². The first-order chi connectivity index (χ1) is 11.2. The molecule has 0 spiro atoms. The van der Waals surface area contributed by atoms with Crippen molar-refractivity contribution >= 4 is 27.7 Å². The van der Waals surface area contributed by atoms with Crippen LogP contribution in [0.15, 0.2) is 53.4 Å². The molecule has 0 radical (unpaired) electrons. The highest BCUT2D eigenvalue weighted by molar-refractivity contribution is 7.86. The molecule has 1 N–H and O–H groups in total. The van der Waals surface area contributed by atoms with E-state index < -0.39 is 43.1 Å². The van der Waals surface area contributed by atoms with Crippen LogP contribution in [0.1, 0.15) is 20.7 Å². The monoisotopic (exact) mass is 351 g/mol. The molecule has 0 saturated carbocycles. The molecule has 9 nitrogen and oxygen atoms in total. The van der Waals surface area contributed by atoms with Gasteiger partial charge in [-0.25, -0.2) is 9.59 Å². The highest BCUT2D eigenvalue weighted by Gasteiger charge is 2.26. The number of non-ortho nitro benzene ring substituents is 1. The number of ether oxygens (including phenoxy) is 1. The van der Waals surface area contributed by atoms with Gasteiger partial charge in [0.05, 0.1) is 16.1 Å². The van der Waals surface area contributed by atoms with E-state index >= 15 is 0 Å². The van der Waals surface area contributed by atoms with Crippen LogP contribution in [0.2, 0.25) is 0 Å². The Hall–Kier alpha value is -3.11.